The third kappa shape index (κ3) is 3.11. The molecule has 0 N–H and O–H groups in total. The Kier molecular flexibility index (Phi) is 4.29. The molecule has 2 aromatic rings. The lowest BCUT2D eigenvalue weighted by Gasteiger charge is -2.11. The van der Waals surface area contributed by atoms with Crippen LogP contribution < -0.4 is 4.74 Å². The second-order valence-corrected chi connectivity index (χ2v) is 4.90. The zero-order chi connectivity index (χ0) is 14.7. The van der Waals surface area contributed by atoms with E-state index < -0.39 is 0 Å². The van der Waals surface area contributed by atoms with Crippen molar-refractivity contribution in [1.29, 1.82) is 5.26 Å². The highest BCUT2D eigenvalue weighted by molar-refractivity contribution is 6.34. The number of hydrogen-bond acceptors (Lipinski definition) is 3. The lowest BCUT2D eigenvalue weighted by Crippen LogP contribution is -1.98. The summed E-state index contributed by atoms with van der Waals surface area (Å²) in [6.45, 7) is 1.42. The Morgan fingerprint density at radius 3 is 2.55 bits per heavy atom. The molecule has 0 aromatic heterocycles. The number of ketones is 1. The standard InChI is InChI=1S/C15H9Cl2NO2/c1-9(19)12-4-2-10(8-18)6-14(12)20-15-7-11(16)3-5-13(15)17/h2-7H,1H3. The molecule has 0 heterocycles. The Hall–Kier alpha value is -2.02. The number of ether oxygens (including phenoxy) is 1. The molecule has 0 spiro atoms. The van der Waals surface area contributed by atoms with Gasteiger partial charge in [-0.25, -0.2) is 0 Å². The maximum Gasteiger partial charge on any atom is 0.163 e. The van der Waals surface area contributed by atoms with Crippen molar-refractivity contribution >= 4 is 29.0 Å². The topological polar surface area (TPSA) is 50.1 Å². The number of carbonyl (C=O) groups excluding carboxylic acids is 1. The van der Waals surface area contributed by atoms with Crippen molar-refractivity contribution in [3.8, 4) is 17.6 Å². The molecule has 0 amide bonds. The third-order valence-electron chi connectivity index (χ3n) is 2.60. The summed E-state index contributed by atoms with van der Waals surface area (Å²) in [6.07, 6.45) is 0. The largest absolute Gasteiger partial charge is 0.455 e. The van der Waals surface area contributed by atoms with E-state index in [0.29, 0.717) is 26.9 Å². The number of nitriles is 1. The Balaban J connectivity index is 2.49. The first kappa shape index (κ1) is 14.4. The van der Waals surface area contributed by atoms with Crippen LogP contribution in [0, 0.1) is 11.3 Å². The predicted octanol–water partition coefficient (Wildman–Crippen LogP) is 4.86. The fourth-order valence-electron chi connectivity index (χ4n) is 1.64. The van der Waals surface area contributed by atoms with Crippen molar-refractivity contribution in [3.63, 3.8) is 0 Å². The van der Waals surface area contributed by atoms with Gasteiger partial charge in [0.25, 0.3) is 0 Å². The highest BCUT2D eigenvalue weighted by Gasteiger charge is 2.12. The van der Waals surface area contributed by atoms with Crippen LogP contribution >= 0.6 is 23.2 Å². The van der Waals surface area contributed by atoms with Gasteiger partial charge in [-0.1, -0.05) is 23.2 Å². The second-order valence-electron chi connectivity index (χ2n) is 4.06. The van der Waals surface area contributed by atoms with Gasteiger partial charge in [0.05, 0.1) is 22.2 Å². The number of hydrogen-bond donors (Lipinski definition) is 0. The first-order valence-corrected chi connectivity index (χ1v) is 6.45. The van der Waals surface area contributed by atoms with Crippen molar-refractivity contribution < 1.29 is 9.53 Å². The number of rotatable bonds is 3. The van der Waals surface area contributed by atoms with Crippen LogP contribution in [-0.4, -0.2) is 5.78 Å². The lowest BCUT2D eigenvalue weighted by molar-refractivity contribution is 0.101. The molecule has 3 nitrogen and oxygen atoms in total. The van der Waals surface area contributed by atoms with Gasteiger partial charge in [0.2, 0.25) is 0 Å². The summed E-state index contributed by atoms with van der Waals surface area (Å²) in [5.41, 5.74) is 0.767. The van der Waals surface area contributed by atoms with Crippen LogP contribution in [0.1, 0.15) is 22.8 Å². The quantitative estimate of drug-likeness (QED) is 0.761. The van der Waals surface area contributed by atoms with Crippen LogP contribution in [0.15, 0.2) is 36.4 Å². The Labute approximate surface area is 126 Å². The van der Waals surface area contributed by atoms with Gasteiger partial charge >= 0.3 is 0 Å². The molecular weight excluding hydrogens is 297 g/mol. The number of nitrogens with zero attached hydrogens (tertiary/aromatic N) is 1. The van der Waals surface area contributed by atoms with E-state index in [1.807, 2.05) is 6.07 Å². The van der Waals surface area contributed by atoms with Crippen molar-refractivity contribution in [2.75, 3.05) is 0 Å². The summed E-state index contributed by atoms with van der Waals surface area (Å²) in [5.74, 6) is 0.445. The van der Waals surface area contributed by atoms with E-state index in [1.165, 1.54) is 13.0 Å². The molecule has 0 saturated carbocycles. The van der Waals surface area contributed by atoms with Crippen LogP contribution in [0.2, 0.25) is 10.0 Å². The van der Waals surface area contributed by atoms with Crippen LogP contribution in [0.5, 0.6) is 11.5 Å². The smallest absolute Gasteiger partial charge is 0.163 e. The Morgan fingerprint density at radius 2 is 1.90 bits per heavy atom. The van der Waals surface area contributed by atoms with Crippen LogP contribution in [0.4, 0.5) is 0 Å². The predicted molar refractivity (Wildman–Crippen MR) is 77.7 cm³/mol. The van der Waals surface area contributed by atoms with Crippen LogP contribution in [-0.2, 0) is 0 Å². The summed E-state index contributed by atoms with van der Waals surface area (Å²) >= 11 is 11.9. The van der Waals surface area contributed by atoms with E-state index in [1.54, 1.807) is 30.3 Å². The average molecular weight is 306 g/mol. The number of carbonyl (C=O) groups is 1. The minimum atomic E-state index is -0.164. The van der Waals surface area contributed by atoms with E-state index in [9.17, 15) is 4.79 Å². The van der Waals surface area contributed by atoms with Crippen LogP contribution in [0.25, 0.3) is 0 Å². The minimum absolute atomic E-state index is 0.164. The molecule has 0 unspecified atom stereocenters. The van der Waals surface area contributed by atoms with Crippen molar-refractivity contribution in [1.82, 2.24) is 0 Å². The number of Topliss-reactive ketones (excluding diaryl/α,β-unsaturated/α-hetero) is 1. The SMILES string of the molecule is CC(=O)c1ccc(C#N)cc1Oc1cc(Cl)ccc1Cl. The van der Waals surface area contributed by atoms with Gasteiger partial charge < -0.3 is 4.74 Å². The van der Waals surface area contributed by atoms with Crippen molar-refractivity contribution in [3.05, 3.63) is 57.6 Å². The monoisotopic (exact) mass is 305 g/mol. The normalized spacial score (nSPS) is 9.90. The van der Waals surface area contributed by atoms with Gasteiger partial charge in [0.15, 0.2) is 5.78 Å². The summed E-state index contributed by atoms with van der Waals surface area (Å²) in [4.78, 5) is 11.6. The molecule has 2 aromatic carbocycles. The average Bonchev–Trinajstić information content (AvgIpc) is 2.42. The van der Waals surface area contributed by atoms with E-state index in [-0.39, 0.29) is 11.5 Å². The van der Waals surface area contributed by atoms with Crippen LogP contribution in [0.3, 0.4) is 0 Å². The summed E-state index contributed by atoms with van der Waals surface area (Å²) in [6, 6.07) is 11.4. The van der Waals surface area contributed by atoms with Gasteiger partial charge in [-0.15, -0.1) is 0 Å². The zero-order valence-corrected chi connectivity index (χ0v) is 12.0. The molecule has 0 radical (unpaired) electrons. The summed E-state index contributed by atoms with van der Waals surface area (Å²) in [7, 11) is 0. The van der Waals surface area contributed by atoms with E-state index in [4.69, 9.17) is 33.2 Å². The Morgan fingerprint density at radius 1 is 1.15 bits per heavy atom. The molecule has 0 atom stereocenters. The number of benzene rings is 2. The maximum atomic E-state index is 11.6. The first-order valence-electron chi connectivity index (χ1n) is 5.69. The number of halogens is 2. The molecule has 0 saturated heterocycles. The molecule has 0 aliphatic rings. The molecule has 0 aliphatic carbocycles. The molecule has 0 bridgehead atoms. The third-order valence-corrected chi connectivity index (χ3v) is 3.15. The highest BCUT2D eigenvalue weighted by atomic mass is 35.5. The molecule has 5 heteroatoms. The van der Waals surface area contributed by atoms with Crippen molar-refractivity contribution in [2.45, 2.75) is 6.92 Å². The summed E-state index contributed by atoms with van der Waals surface area (Å²) < 4.78 is 5.64. The lowest BCUT2D eigenvalue weighted by atomic mass is 10.1. The fraction of sp³-hybridized carbons (Fsp3) is 0.0667. The highest BCUT2D eigenvalue weighted by Crippen LogP contribution is 2.34. The molecular formula is C15H9Cl2NO2. The molecule has 20 heavy (non-hydrogen) atoms. The first-order chi connectivity index (χ1) is 9.51. The fourth-order valence-corrected chi connectivity index (χ4v) is 1.96. The second kappa shape index (κ2) is 5.96. The minimum Gasteiger partial charge on any atom is -0.455 e. The molecule has 0 fully saturated rings. The van der Waals surface area contributed by atoms with Gasteiger partial charge in [-0.05, 0) is 37.3 Å². The molecule has 100 valence electrons. The molecule has 2 rings (SSSR count). The van der Waals surface area contributed by atoms with Gasteiger partial charge in [0.1, 0.15) is 11.5 Å². The van der Waals surface area contributed by atoms with E-state index in [2.05, 4.69) is 0 Å². The Bertz CT molecular complexity index is 720. The van der Waals surface area contributed by atoms with Gasteiger partial charge in [-0.2, -0.15) is 5.26 Å². The summed E-state index contributed by atoms with van der Waals surface area (Å²) in [5, 5.41) is 9.75. The van der Waals surface area contributed by atoms with Gasteiger partial charge in [0, 0.05) is 11.1 Å². The van der Waals surface area contributed by atoms with E-state index >= 15 is 0 Å². The maximum absolute atomic E-state index is 11.6. The molecule has 0 aliphatic heterocycles. The zero-order valence-electron chi connectivity index (χ0n) is 10.5. The van der Waals surface area contributed by atoms with Gasteiger partial charge in [-0.3, -0.25) is 4.79 Å². The van der Waals surface area contributed by atoms with E-state index in [0.717, 1.165) is 0 Å². The van der Waals surface area contributed by atoms with Crippen molar-refractivity contribution in [2.24, 2.45) is 0 Å².